The zero-order chi connectivity index (χ0) is 20.2. The second kappa shape index (κ2) is 8.68. The minimum atomic E-state index is -0.167. The van der Waals surface area contributed by atoms with E-state index < -0.39 is 0 Å². The lowest BCUT2D eigenvalue weighted by atomic mass is 10.1. The Hall–Kier alpha value is -2.83. The molecule has 29 heavy (non-hydrogen) atoms. The van der Waals surface area contributed by atoms with Crippen LogP contribution in [0.2, 0.25) is 5.15 Å². The number of likely N-dealkylation sites (N-methyl/N-ethyl adjacent to an activating group) is 1. The maximum atomic E-state index is 12.4. The quantitative estimate of drug-likeness (QED) is 0.658. The first-order valence-electron chi connectivity index (χ1n) is 9.72. The van der Waals surface area contributed by atoms with Crippen molar-refractivity contribution in [3.05, 3.63) is 71.1 Å². The molecule has 0 aliphatic carbocycles. The Morgan fingerprint density at radius 3 is 2.72 bits per heavy atom. The number of piperazine rings is 1. The molecule has 3 aromatic rings. The van der Waals surface area contributed by atoms with E-state index in [-0.39, 0.29) is 5.91 Å². The Labute approximate surface area is 175 Å². The lowest BCUT2D eigenvalue weighted by Gasteiger charge is -2.35. The van der Waals surface area contributed by atoms with Gasteiger partial charge in [-0.15, -0.1) is 0 Å². The van der Waals surface area contributed by atoms with Crippen molar-refractivity contribution in [2.45, 2.75) is 6.54 Å². The summed E-state index contributed by atoms with van der Waals surface area (Å²) in [5.74, 6) is -0.167. The first-order valence-corrected chi connectivity index (χ1v) is 10.1. The van der Waals surface area contributed by atoms with Crippen molar-refractivity contribution < 1.29 is 4.79 Å². The van der Waals surface area contributed by atoms with E-state index in [2.05, 4.69) is 39.3 Å². The molecule has 150 valence electrons. The second-order valence-electron chi connectivity index (χ2n) is 7.19. The number of aromatic nitrogens is 2. The molecule has 1 saturated heterocycles. The Morgan fingerprint density at radius 1 is 1.14 bits per heavy atom. The predicted molar refractivity (Wildman–Crippen MR) is 117 cm³/mol. The van der Waals surface area contributed by atoms with E-state index in [1.807, 2.05) is 40.9 Å². The van der Waals surface area contributed by atoms with Gasteiger partial charge in [0, 0.05) is 50.7 Å². The molecule has 1 fully saturated rings. The summed E-state index contributed by atoms with van der Waals surface area (Å²) in [5, 5.41) is 3.36. The van der Waals surface area contributed by atoms with Crippen LogP contribution in [0.1, 0.15) is 11.3 Å². The number of pyridine rings is 1. The number of fused-ring (bicyclic) bond motifs is 1. The Morgan fingerprint density at radius 2 is 1.90 bits per heavy atom. The minimum Gasteiger partial charge on any atom is -0.369 e. The number of amides is 1. The first kappa shape index (κ1) is 19.5. The van der Waals surface area contributed by atoms with Gasteiger partial charge in [0.1, 0.15) is 5.65 Å². The van der Waals surface area contributed by atoms with Crippen LogP contribution >= 0.6 is 11.6 Å². The van der Waals surface area contributed by atoms with Gasteiger partial charge in [-0.05, 0) is 36.9 Å². The molecular formula is C22H24ClN5O. The van der Waals surface area contributed by atoms with Crippen LogP contribution in [0.5, 0.6) is 0 Å². The Kier molecular flexibility index (Phi) is 5.83. The fourth-order valence-corrected chi connectivity index (χ4v) is 3.79. The lowest BCUT2D eigenvalue weighted by molar-refractivity contribution is -0.116. The number of carbonyl (C=O) groups is 1. The van der Waals surface area contributed by atoms with E-state index in [0.717, 1.165) is 37.4 Å². The summed E-state index contributed by atoms with van der Waals surface area (Å²) in [6.07, 6.45) is 5.07. The van der Waals surface area contributed by atoms with Crippen molar-refractivity contribution in [1.82, 2.24) is 19.6 Å². The number of benzene rings is 1. The molecule has 7 heteroatoms. The number of nitrogens with zero attached hydrogens (tertiary/aromatic N) is 4. The number of rotatable bonds is 5. The van der Waals surface area contributed by atoms with Crippen molar-refractivity contribution in [2.24, 2.45) is 0 Å². The smallest absolute Gasteiger partial charge is 0.244 e. The average Bonchev–Trinajstić information content (AvgIpc) is 3.06. The molecule has 1 N–H and O–H groups in total. The monoisotopic (exact) mass is 409 g/mol. The number of halogens is 1. The van der Waals surface area contributed by atoms with Crippen molar-refractivity contribution in [2.75, 3.05) is 38.1 Å². The van der Waals surface area contributed by atoms with Gasteiger partial charge in [-0.3, -0.25) is 9.20 Å². The average molecular weight is 410 g/mol. The summed E-state index contributed by atoms with van der Waals surface area (Å²) in [6, 6.07) is 13.9. The lowest BCUT2D eigenvalue weighted by Crippen LogP contribution is -2.45. The number of imidazole rings is 1. The number of hydrogen-bond acceptors (Lipinski definition) is 4. The van der Waals surface area contributed by atoms with Crippen molar-refractivity contribution in [3.8, 4) is 0 Å². The molecule has 0 spiro atoms. The van der Waals surface area contributed by atoms with Gasteiger partial charge >= 0.3 is 0 Å². The highest BCUT2D eigenvalue weighted by molar-refractivity contribution is 6.31. The molecule has 1 aliphatic rings. The molecule has 0 unspecified atom stereocenters. The molecule has 0 saturated carbocycles. The number of hydrogen-bond donors (Lipinski definition) is 1. The van der Waals surface area contributed by atoms with Gasteiger partial charge in [-0.25, -0.2) is 4.98 Å². The van der Waals surface area contributed by atoms with Crippen molar-refractivity contribution in [3.63, 3.8) is 0 Å². The van der Waals surface area contributed by atoms with E-state index >= 15 is 0 Å². The van der Waals surface area contributed by atoms with Crippen LogP contribution in [-0.2, 0) is 11.3 Å². The zero-order valence-corrected chi connectivity index (χ0v) is 17.1. The van der Waals surface area contributed by atoms with E-state index in [4.69, 9.17) is 11.6 Å². The van der Waals surface area contributed by atoms with E-state index in [0.29, 0.717) is 17.4 Å². The van der Waals surface area contributed by atoms with Gasteiger partial charge < -0.3 is 15.1 Å². The largest absolute Gasteiger partial charge is 0.369 e. The molecule has 0 atom stereocenters. The van der Waals surface area contributed by atoms with Crippen LogP contribution < -0.4 is 10.2 Å². The predicted octanol–water partition coefficient (Wildman–Crippen LogP) is 3.07. The molecule has 1 amide bonds. The summed E-state index contributed by atoms with van der Waals surface area (Å²) in [7, 11) is 2.14. The zero-order valence-electron chi connectivity index (χ0n) is 16.4. The fourth-order valence-electron chi connectivity index (χ4n) is 3.55. The minimum absolute atomic E-state index is 0.167. The third-order valence-electron chi connectivity index (χ3n) is 5.20. The van der Waals surface area contributed by atoms with Gasteiger partial charge in [-0.2, -0.15) is 0 Å². The third kappa shape index (κ3) is 4.44. The summed E-state index contributed by atoms with van der Waals surface area (Å²) in [5.41, 5.74) is 3.75. The topological polar surface area (TPSA) is 52.9 Å². The van der Waals surface area contributed by atoms with Gasteiger partial charge in [0.05, 0.1) is 5.69 Å². The normalized spacial score (nSPS) is 15.3. The number of nitrogens with one attached hydrogen (secondary N) is 1. The summed E-state index contributed by atoms with van der Waals surface area (Å²) >= 11 is 6.22. The SMILES string of the molecule is CN1CCN(c2ccccc2CNC(=O)/C=C/c2c(Cl)nc3ccccn23)CC1. The molecule has 0 radical (unpaired) electrons. The number of anilines is 1. The highest BCUT2D eigenvalue weighted by atomic mass is 35.5. The summed E-state index contributed by atoms with van der Waals surface area (Å²) < 4.78 is 1.86. The molecule has 1 aromatic carbocycles. The highest BCUT2D eigenvalue weighted by Gasteiger charge is 2.16. The van der Waals surface area contributed by atoms with E-state index in [1.54, 1.807) is 6.08 Å². The molecule has 2 aromatic heterocycles. The maximum Gasteiger partial charge on any atom is 0.244 e. The molecule has 4 rings (SSSR count). The standard InChI is InChI=1S/C22H24ClN5O/c1-26-12-14-27(15-13-26)18-7-3-2-6-17(18)16-24-21(29)10-9-19-22(23)25-20-8-4-5-11-28(19)20/h2-11H,12-16H2,1H3,(H,24,29)/b10-9+. The van der Waals surface area contributed by atoms with Gasteiger partial charge in [0.2, 0.25) is 5.91 Å². The van der Waals surface area contributed by atoms with Gasteiger partial charge in [-0.1, -0.05) is 35.9 Å². The molecule has 6 nitrogen and oxygen atoms in total. The molecular weight excluding hydrogens is 386 g/mol. The van der Waals surface area contributed by atoms with Crippen LogP contribution in [0.15, 0.2) is 54.7 Å². The van der Waals surface area contributed by atoms with Crippen LogP contribution in [0.3, 0.4) is 0 Å². The number of para-hydroxylation sites is 1. The first-order chi connectivity index (χ1) is 14.1. The maximum absolute atomic E-state index is 12.4. The highest BCUT2D eigenvalue weighted by Crippen LogP contribution is 2.22. The van der Waals surface area contributed by atoms with Gasteiger partial charge in [0.25, 0.3) is 0 Å². The molecule has 0 bridgehead atoms. The fraction of sp³-hybridized carbons (Fsp3) is 0.273. The van der Waals surface area contributed by atoms with Gasteiger partial charge in [0.15, 0.2) is 5.15 Å². The van der Waals surface area contributed by atoms with Crippen LogP contribution in [0.4, 0.5) is 5.69 Å². The van der Waals surface area contributed by atoms with Crippen molar-refractivity contribution in [1.29, 1.82) is 0 Å². The summed E-state index contributed by atoms with van der Waals surface area (Å²) in [6.45, 7) is 4.56. The Balaban J connectivity index is 1.42. The third-order valence-corrected chi connectivity index (χ3v) is 5.48. The second-order valence-corrected chi connectivity index (χ2v) is 7.54. The van der Waals surface area contributed by atoms with Crippen molar-refractivity contribution >= 4 is 34.9 Å². The van der Waals surface area contributed by atoms with E-state index in [1.165, 1.54) is 11.8 Å². The van der Waals surface area contributed by atoms with Crippen LogP contribution in [0.25, 0.3) is 11.7 Å². The Bertz CT molecular complexity index is 1040. The molecule has 3 heterocycles. The molecule has 1 aliphatic heterocycles. The van der Waals surface area contributed by atoms with Crippen LogP contribution in [-0.4, -0.2) is 53.4 Å². The number of carbonyl (C=O) groups excluding carboxylic acids is 1. The van der Waals surface area contributed by atoms with Crippen LogP contribution in [0, 0.1) is 0 Å². The van der Waals surface area contributed by atoms with E-state index in [9.17, 15) is 4.79 Å². The summed E-state index contributed by atoms with van der Waals surface area (Å²) in [4.78, 5) is 21.4.